The normalized spacial score (nSPS) is 9.00. The Hall–Kier alpha value is -3.30. The highest BCUT2D eigenvalue weighted by molar-refractivity contribution is 5.71. The van der Waals surface area contributed by atoms with E-state index in [1.807, 2.05) is 0 Å². The second-order valence-electron chi connectivity index (χ2n) is 7.35. The number of aliphatic hydroxyl groups is 3. The van der Waals surface area contributed by atoms with E-state index < -0.39 is 30.1 Å². The van der Waals surface area contributed by atoms with Crippen LogP contribution >= 0.6 is 0 Å². The number of esters is 6. The van der Waals surface area contributed by atoms with Crippen molar-refractivity contribution < 1.29 is 72.5 Å². The SMILES string of the molecule is CCC(=O)OC.CCC(=O)OC.CCC(=O)OC.CCC(=O)OCC(COC(=O)CC)OC(=O)CC.OCC(O)CO. The summed E-state index contributed by atoms with van der Waals surface area (Å²) in [6.07, 6.45) is 0.393. The average Bonchev–Trinajstić information content (AvgIpc) is 3.04. The van der Waals surface area contributed by atoms with Crippen LogP contribution < -0.4 is 0 Å². The van der Waals surface area contributed by atoms with E-state index in [0.29, 0.717) is 19.3 Å². The van der Waals surface area contributed by atoms with Gasteiger partial charge in [-0.15, -0.1) is 0 Å². The third-order valence-corrected chi connectivity index (χ3v) is 4.00. The van der Waals surface area contributed by atoms with Crippen molar-refractivity contribution in [3.05, 3.63) is 0 Å². The van der Waals surface area contributed by atoms with Gasteiger partial charge in [0, 0.05) is 38.5 Å². The molecule has 15 nitrogen and oxygen atoms in total. The fraction of sp³-hybridized carbons (Fsp3) is 0.778. The minimum atomic E-state index is -0.954. The zero-order valence-corrected chi connectivity index (χ0v) is 26.5. The van der Waals surface area contributed by atoms with Gasteiger partial charge >= 0.3 is 35.8 Å². The zero-order chi connectivity index (χ0) is 33.9. The molecule has 15 heteroatoms. The Morgan fingerprint density at radius 3 is 0.905 bits per heavy atom. The number of methoxy groups -OCH3 is 3. The molecule has 0 aromatic carbocycles. The van der Waals surface area contributed by atoms with Crippen molar-refractivity contribution in [1.29, 1.82) is 0 Å². The summed E-state index contributed by atoms with van der Waals surface area (Å²) in [6, 6.07) is 0. The van der Waals surface area contributed by atoms with Crippen LogP contribution in [0.4, 0.5) is 0 Å². The van der Waals surface area contributed by atoms with Crippen molar-refractivity contribution in [2.75, 3.05) is 47.8 Å². The molecule has 3 N–H and O–H groups in total. The molecule has 0 aliphatic carbocycles. The Morgan fingerprint density at radius 2 is 0.762 bits per heavy atom. The topological polar surface area (TPSA) is 218 Å². The van der Waals surface area contributed by atoms with Crippen LogP contribution in [-0.2, 0) is 57.2 Å². The predicted octanol–water partition coefficient (Wildman–Crippen LogP) is 1.25. The molecule has 0 unspecified atom stereocenters. The van der Waals surface area contributed by atoms with Crippen LogP contribution in [0.2, 0.25) is 0 Å². The standard InChI is InChI=1S/C12H20O6.3C4H8O2.C3H8O3/c1-4-10(13)16-7-9(18-12(15)6-3)8-17-11(14)5-2;3*1-3-4(5)6-2;4-1-3(6)2-5/h9H,4-8H2,1-3H3;3*3H2,1-2H3;3-6H,1-2H2. The summed E-state index contributed by atoms with van der Waals surface area (Å²) in [5, 5.41) is 24.0. The van der Waals surface area contributed by atoms with Gasteiger partial charge in [0.25, 0.3) is 0 Å². The van der Waals surface area contributed by atoms with Crippen LogP contribution in [0.3, 0.4) is 0 Å². The molecule has 0 saturated heterocycles. The van der Waals surface area contributed by atoms with Gasteiger partial charge in [0.15, 0.2) is 6.10 Å². The summed E-state index contributed by atoms with van der Waals surface area (Å²) in [7, 11) is 4.14. The van der Waals surface area contributed by atoms with Crippen LogP contribution in [0.1, 0.15) is 80.1 Å². The predicted molar refractivity (Wildman–Crippen MR) is 150 cm³/mol. The number of carbonyl (C=O) groups excluding carboxylic acids is 6. The summed E-state index contributed by atoms with van der Waals surface area (Å²) in [4.78, 5) is 63.0. The smallest absolute Gasteiger partial charge is 0.306 e. The molecule has 0 bridgehead atoms. The van der Waals surface area contributed by atoms with E-state index in [1.54, 1.807) is 41.5 Å². The number of ether oxygens (including phenoxy) is 6. The van der Waals surface area contributed by atoms with Crippen molar-refractivity contribution in [3.63, 3.8) is 0 Å². The summed E-state index contributed by atoms with van der Waals surface area (Å²) in [5.41, 5.74) is 0. The molecule has 0 amide bonds. The summed E-state index contributed by atoms with van der Waals surface area (Å²) < 4.78 is 27.5. The first-order valence-electron chi connectivity index (χ1n) is 13.4. The van der Waals surface area contributed by atoms with E-state index in [4.69, 9.17) is 29.5 Å². The van der Waals surface area contributed by atoms with Gasteiger partial charge in [-0.1, -0.05) is 41.5 Å². The lowest BCUT2D eigenvalue weighted by Gasteiger charge is -2.17. The first-order valence-corrected chi connectivity index (χ1v) is 13.4. The minimum Gasteiger partial charge on any atom is -0.469 e. The van der Waals surface area contributed by atoms with Gasteiger partial charge in [-0.2, -0.15) is 0 Å². The maximum atomic E-state index is 11.1. The molecule has 0 atom stereocenters. The van der Waals surface area contributed by atoms with E-state index in [-0.39, 0.29) is 63.6 Å². The summed E-state index contributed by atoms with van der Waals surface area (Å²) >= 11 is 0. The molecule has 0 aliphatic heterocycles. The molecule has 0 radical (unpaired) electrons. The number of hydrogen-bond donors (Lipinski definition) is 3. The number of hydrogen-bond acceptors (Lipinski definition) is 15. The maximum Gasteiger partial charge on any atom is 0.306 e. The molecule has 0 spiro atoms. The zero-order valence-electron chi connectivity index (χ0n) is 26.5. The van der Waals surface area contributed by atoms with E-state index >= 15 is 0 Å². The molecule has 250 valence electrons. The summed E-state index contributed by atoms with van der Waals surface area (Å²) in [5.74, 6) is -1.69. The maximum absolute atomic E-state index is 11.1. The van der Waals surface area contributed by atoms with E-state index in [1.165, 1.54) is 21.3 Å². The molecule has 0 fully saturated rings. The van der Waals surface area contributed by atoms with Crippen molar-refractivity contribution >= 4 is 35.8 Å². The lowest BCUT2D eigenvalue weighted by atomic mass is 10.4. The number of rotatable bonds is 13. The highest BCUT2D eigenvalue weighted by Crippen LogP contribution is 2.01. The van der Waals surface area contributed by atoms with Crippen molar-refractivity contribution in [2.45, 2.75) is 92.3 Å². The Kier molecular flexibility index (Phi) is 43.5. The van der Waals surface area contributed by atoms with Crippen LogP contribution in [0.15, 0.2) is 0 Å². The van der Waals surface area contributed by atoms with Crippen LogP contribution in [0.5, 0.6) is 0 Å². The first kappa shape index (κ1) is 48.4. The third-order valence-electron chi connectivity index (χ3n) is 4.00. The van der Waals surface area contributed by atoms with E-state index in [9.17, 15) is 28.8 Å². The Labute approximate surface area is 248 Å². The lowest BCUT2D eigenvalue weighted by molar-refractivity contribution is -0.166. The van der Waals surface area contributed by atoms with Gasteiger partial charge < -0.3 is 43.7 Å². The fourth-order valence-electron chi connectivity index (χ4n) is 1.45. The molecular weight excluding hydrogens is 564 g/mol. The molecule has 0 rings (SSSR count). The fourth-order valence-corrected chi connectivity index (χ4v) is 1.45. The average molecular weight is 617 g/mol. The molecule has 0 aliphatic rings. The van der Waals surface area contributed by atoms with E-state index in [0.717, 1.165) is 0 Å². The Bertz CT molecular complexity index is 615. The Morgan fingerprint density at radius 1 is 0.500 bits per heavy atom. The highest BCUT2D eigenvalue weighted by atomic mass is 16.6. The van der Waals surface area contributed by atoms with Crippen LogP contribution in [0.25, 0.3) is 0 Å². The largest absolute Gasteiger partial charge is 0.469 e. The van der Waals surface area contributed by atoms with Crippen molar-refractivity contribution in [3.8, 4) is 0 Å². The second kappa shape index (κ2) is 37.7. The minimum absolute atomic E-state index is 0.102. The summed E-state index contributed by atoms with van der Waals surface area (Å²) in [6.45, 7) is 9.30. The molecular formula is C27H52O15. The van der Waals surface area contributed by atoms with Crippen LogP contribution in [0, 0.1) is 0 Å². The quantitative estimate of drug-likeness (QED) is 0.196. The van der Waals surface area contributed by atoms with Crippen molar-refractivity contribution in [2.24, 2.45) is 0 Å². The van der Waals surface area contributed by atoms with Crippen molar-refractivity contribution in [1.82, 2.24) is 0 Å². The Balaban J connectivity index is -0.000000156. The third kappa shape index (κ3) is 43.7. The first-order chi connectivity index (χ1) is 19.8. The monoisotopic (exact) mass is 616 g/mol. The van der Waals surface area contributed by atoms with Gasteiger partial charge in [-0.25, -0.2) is 0 Å². The molecule has 0 aromatic heterocycles. The highest BCUT2D eigenvalue weighted by Gasteiger charge is 2.17. The van der Waals surface area contributed by atoms with Gasteiger partial charge in [-0.3, -0.25) is 28.8 Å². The molecule has 42 heavy (non-hydrogen) atoms. The van der Waals surface area contributed by atoms with Crippen LogP contribution in [-0.4, -0.2) is 111 Å². The van der Waals surface area contributed by atoms with Gasteiger partial charge in [0.05, 0.1) is 34.5 Å². The van der Waals surface area contributed by atoms with Gasteiger partial charge in [0.2, 0.25) is 0 Å². The van der Waals surface area contributed by atoms with Gasteiger partial charge in [-0.05, 0) is 0 Å². The van der Waals surface area contributed by atoms with Gasteiger partial charge in [0.1, 0.15) is 19.3 Å². The van der Waals surface area contributed by atoms with E-state index in [2.05, 4.69) is 14.2 Å². The number of carbonyl (C=O) groups is 6. The number of aliphatic hydroxyl groups excluding tert-OH is 3. The molecule has 0 aromatic rings. The second-order valence-corrected chi connectivity index (χ2v) is 7.35. The lowest BCUT2D eigenvalue weighted by Crippen LogP contribution is -2.30. The molecule has 0 heterocycles. The molecule has 0 saturated carbocycles.